The molecule has 25 heavy (non-hydrogen) atoms. The number of aliphatic hydroxyl groups is 1. The first-order valence-electron chi connectivity index (χ1n) is 8.40. The number of likely N-dealkylation sites (tertiary alicyclic amines) is 1. The Morgan fingerprint density at radius 2 is 1.96 bits per heavy atom. The summed E-state index contributed by atoms with van der Waals surface area (Å²) in [7, 11) is 1.61. The maximum absolute atomic E-state index is 12.6. The van der Waals surface area contributed by atoms with Crippen LogP contribution in [0.1, 0.15) is 29.2 Å². The maximum atomic E-state index is 12.6. The van der Waals surface area contributed by atoms with Crippen LogP contribution in [0.5, 0.6) is 5.75 Å². The summed E-state index contributed by atoms with van der Waals surface area (Å²) in [6.07, 6.45) is -0.496. The van der Waals surface area contributed by atoms with Crippen LogP contribution in [0.4, 0.5) is 4.79 Å². The molecule has 1 aliphatic heterocycles. The van der Waals surface area contributed by atoms with Gasteiger partial charge in [0.25, 0.3) is 0 Å². The standard InChI is InChI=1S/C20H23NO4/c1-14-16(9-6-10-18(14)24-2)19-17(22)11-12-21(19)20(23)25-13-15-7-4-3-5-8-15/h3-10,17,19,22H,11-13H2,1-2H3/t17-,19-/m1/s1. The Morgan fingerprint density at radius 1 is 1.20 bits per heavy atom. The summed E-state index contributed by atoms with van der Waals surface area (Å²) >= 11 is 0. The Labute approximate surface area is 147 Å². The summed E-state index contributed by atoms with van der Waals surface area (Å²) in [5.74, 6) is 0.745. The van der Waals surface area contributed by atoms with Gasteiger partial charge in [-0.15, -0.1) is 0 Å². The van der Waals surface area contributed by atoms with Crippen molar-refractivity contribution in [2.24, 2.45) is 0 Å². The lowest BCUT2D eigenvalue weighted by Gasteiger charge is -2.27. The quantitative estimate of drug-likeness (QED) is 0.925. The van der Waals surface area contributed by atoms with Crippen LogP contribution in [0.2, 0.25) is 0 Å². The van der Waals surface area contributed by atoms with Crippen LogP contribution >= 0.6 is 0 Å². The maximum Gasteiger partial charge on any atom is 0.410 e. The molecule has 1 fully saturated rings. The predicted molar refractivity (Wildman–Crippen MR) is 94.4 cm³/mol. The van der Waals surface area contributed by atoms with Crippen molar-refractivity contribution in [2.75, 3.05) is 13.7 Å². The number of amides is 1. The lowest BCUT2D eigenvalue weighted by Crippen LogP contribution is -2.34. The number of ether oxygens (including phenoxy) is 2. The molecule has 0 bridgehead atoms. The molecule has 5 nitrogen and oxygen atoms in total. The number of carbonyl (C=O) groups is 1. The Balaban J connectivity index is 1.77. The molecule has 1 N–H and O–H groups in total. The normalized spacial score (nSPS) is 19.7. The first-order valence-corrected chi connectivity index (χ1v) is 8.40. The van der Waals surface area contributed by atoms with E-state index in [0.717, 1.165) is 22.4 Å². The monoisotopic (exact) mass is 341 g/mol. The highest BCUT2D eigenvalue weighted by Crippen LogP contribution is 2.37. The second-order valence-electron chi connectivity index (χ2n) is 6.21. The Kier molecular flexibility index (Phi) is 5.24. The van der Waals surface area contributed by atoms with Gasteiger partial charge in [-0.25, -0.2) is 4.79 Å². The van der Waals surface area contributed by atoms with Gasteiger partial charge in [0, 0.05) is 6.54 Å². The van der Waals surface area contributed by atoms with Crippen LogP contribution in [0.15, 0.2) is 48.5 Å². The van der Waals surface area contributed by atoms with Crippen LogP contribution in [0.25, 0.3) is 0 Å². The summed E-state index contributed by atoms with van der Waals surface area (Å²) < 4.78 is 10.8. The van der Waals surface area contributed by atoms with Gasteiger partial charge in [0.15, 0.2) is 0 Å². The summed E-state index contributed by atoms with van der Waals surface area (Å²) in [5.41, 5.74) is 2.75. The first-order chi connectivity index (χ1) is 12.1. The van der Waals surface area contributed by atoms with E-state index in [9.17, 15) is 9.90 Å². The molecule has 5 heteroatoms. The molecule has 0 spiro atoms. The zero-order valence-corrected chi connectivity index (χ0v) is 14.5. The third-order valence-corrected chi connectivity index (χ3v) is 4.67. The van der Waals surface area contributed by atoms with Crippen LogP contribution in [0.3, 0.4) is 0 Å². The second-order valence-corrected chi connectivity index (χ2v) is 6.21. The minimum atomic E-state index is -0.616. The van der Waals surface area contributed by atoms with Crippen LogP contribution in [0, 0.1) is 6.92 Å². The molecule has 0 unspecified atom stereocenters. The number of methoxy groups -OCH3 is 1. The number of hydrogen-bond acceptors (Lipinski definition) is 4. The lowest BCUT2D eigenvalue weighted by molar-refractivity contribution is 0.0712. The van der Waals surface area contributed by atoms with Gasteiger partial charge in [-0.05, 0) is 36.1 Å². The van der Waals surface area contributed by atoms with E-state index in [4.69, 9.17) is 9.47 Å². The molecule has 2 aromatic rings. The molecule has 1 heterocycles. The topological polar surface area (TPSA) is 59.0 Å². The summed E-state index contributed by atoms with van der Waals surface area (Å²) in [5, 5.41) is 10.4. The zero-order valence-electron chi connectivity index (χ0n) is 14.5. The molecule has 0 aromatic heterocycles. The van der Waals surface area contributed by atoms with E-state index < -0.39 is 18.2 Å². The molecule has 3 rings (SSSR count). The number of hydrogen-bond donors (Lipinski definition) is 1. The van der Waals surface area contributed by atoms with E-state index in [1.54, 1.807) is 12.0 Å². The third kappa shape index (κ3) is 3.61. The molecule has 1 amide bonds. The van der Waals surface area contributed by atoms with Gasteiger partial charge in [-0.3, -0.25) is 4.90 Å². The van der Waals surface area contributed by atoms with Gasteiger partial charge in [0.2, 0.25) is 0 Å². The van der Waals surface area contributed by atoms with Crippen molar-refractivity contribution in [2.45, 2.75) is 32.1 Å². The van der Waals surface area contributed by atoms with E-state index in [0.29, 0.717) is 13.0 Å². The molecular formula is C20H23NO4. The van der Waals surface area contributed by atoms with Crippen molar-refractivity contribution in [3.05, 3.63) is 65.2 Å². The Morgan fingerprint density at radius 3 is 2.68 bits per heavy atom. The van der Waals surface area contributed by atoms with Gasteiger partial charge in [-0.2, -0.15) is 0 Å². The van der Waals surface area contributed by atoms with Gasteiger partial charge in [0.05, 0.1) is 19.3 Å². The van der Waals surface area contributed by atoms with Crippen molar-refractivity contribution < 1.29 is 19.4 Å². The van der Waals surface area contributed by atoms with Gasteiger partial charge in [-0.1, -0.05) is 42.5 Å². The number of carbonyl (C=O) groups excluding carboxylic acids is 1. The average molecular weight is 341 g/mol. The van der Waals surface area contributed by atoms with Gasteiger partial charge in [0.1, 0.15) is 12.4 Å². The summed E-state index contributed by atoms with van der Waals surface area (Å²) in [4.78, 5) is 14.2. The van der Waals surface area contributed by atoms with Gasteiger partial charge >= 0.3 is 6.09 Å². The largest absolute Gasteiger partial charge is 0.496 e. The zero-order chi connectivity index (χ0) is 17.8. The smallest absolute Gasteiger partial charge is 0.410 e. The molecule has 1 saturated heterocycles. The molecule has 1 aliphatic rings. The van der Waals surface area contributed by atoms with Crippen molar-refractivity contribution in [3.8, 4) is 5.75 Å². The molecule has 132 valence electrons. The molecule has 2 atom stereocenters. The van der Waals surface area contributed by atoms with E-state index in [2.05, 4.69) is 0 Å². The SMILES string of the molecule is COc1cccc([C@@H]2[C@H](O)CCN2C(=O)OCc2ccccc2)c1C. The van der Waals surface area contributed by atoms with Crippen LogP contribution in [-0.4, -0.2) is 35.9 Å². The number of benzene rings is 2. The van der Waals surface area contributed by atoms with Crippen molar-refractivity contribution in [3.63, 3.8) is 0 Å². The minimum absolute atomic E-state index is 0.218. The molecular weight excluding hydrogens is 318 g/mol. The number of nitrogens with zero attached hydrogens (tertiary/aromatic N) is 1. The Hall–Kier alpha value is -2.53. The molecule has 0 saturated carbocycles. The first kappa shape index (κ1) is 17.3. The fourth-order valence-electron chi connectivity index (χ4n) is 3.33. The van der Waals surface area contributed by atoms with Crippen LogP contribution in [-0.2, 0) is 11.3 Å². The van der Waals surface area contributed by atoms with E-state index in [-0.39, 0.29) is 6.61 Å². The molecule has 0 aliphatic carbocycles. The minimum Gasteiger partial charge on any atom is -0.496 e. The van der Waals surface area contributed by atoms with E-state index >= 15 is 0 Å². The van der Waals surface area contributed by atoms with Crippen molar-refractivity contribution in [1.82, 2.24) is 4.90 Å². The predicted octanol–water partition coefficient (Wildman–Crippen LogP) is 3.45. The second kappa shape index (κ2) is 7.57. The highest BCUT2D eigenvalue weighted by atomic mass is 16.6. The molecule has 2 aromatic carbocycles. The third-order valence-electron chi connectivity index (χ3n) is 4.67. The van der Waals surface area contributed by atoms with Crippen molar-refractivity contribution in [1.29, 1.82) is 0 Å². The highest BCUT2D eigenvalue weighted by Gasteiger charge is 2.39. The number of rotatable bonds is 4. The fraction of sp³-hybridized carbons (Fsp3) is 0.350. The highest BCUT2D eigenvalue weighted by molar-refractivity contribution is 5.69. The lowest BCUT2D eigenvalue weighted by atomic mass is 9.97. The van der Waals surface area contributed by atoms with Crippen LogP contribution < -0.4 is 4.74 Å². The summed E-state index contributed by atoms with van der Waals surface area (Å²) in [6.45, 7) is 2.62. The van der Waals surface area contributed by atoms with Gasteiger partial charge < -0.3 is 14.6 Å². The summed E-state index contributed by atoms with van der Waals surface area (Å²) in [6, 6.07) is 14.8. The molecule has 0 radical (unpaired) electrons. The van der Waals surface area contributed by atoms with E-state index in [1.807, 2.05) is 55.5 Å². The Bertz CT molecular complexity index is 732. The number of aliphatic hydroxyl groups excluding tert-OH is 1. The van der Waals surface area contributed by atoms with Crippen molar-refractivity contribution >= 4 is 6.09 Å². The van der Waals surface area contributed by atoms with E-state index in [1.165, 1.54) is 0 Å². The average Bonchev–Trinajstić information content (AvgIpc) is 3.02. The fourth-order valence-corrected chi connectivity index (χ4v) is 3.33.